The highest BCUT2D eigenvalue weighted by Crippen LogP contribution is 2.03. The van der Waals surface area contributed by atoms with Gasteiger partial charge in [-0.2, -0.15) is 0 Å². The monoisotopic (exact) mass is 356 g/mol. The van der Waals surface area contributed by atoms with Crippen molar-refractivity contribution in [3.05, 3.63) is 0 Å². The number of ether oxygens (including phenoxy) is 1. The Morgan fingerprint density at radius 1 is 1.05 bits per heavy atom. The van der Waals surface area contributed by atoms with E-state index in [1.54, 1.807) is 6.92 Å². The third-order valence-electron chi connectivity index (χ3n) is 1.69. The van der Waals surface area contributed by atoms with E-state index in [0.717, 1.165) is 7.11 Å². The average molecular weight is 358 g/mol. The van der Waals surface area contributed by atoms with Gasteiger partial charge in [-0.3, -0.25) is 4.79 Å². The van der Waals surface area contributed by atoms with Crippen molar-refractivity contribution in [2.24, 2.45) is 0 Å². The minimum absolute atomic E-state index is 0. The summed E-state index contributed by atoms with van der Waals surface area (Å²) in [5.41, 5.74) is 0. The summed E-state index contributed by atoms with van der Waals surface area (Å²) < 4.78 is 3.65. The van der Waals surface area contributed by atoms with Crippen LogP contribution >= 0.6 is 34.8 Å². The number of carbonyl (C=O) groups excluding carboxylic acids is 1. The van der Waals surface area contributed by atoms with E-state index in [1.165, 1.54) is 26.6 Å². The van der Waals surface area contributed by atoms with Crippen molar-refractivity contribution < 1.29 is 14.6 Å². The van der Waals surface area contributed by atoms with Gasteiger partial charge in [0, 0.05) is 14.0 Å². The van der Waals surface area contributed by atoms with E-state index < -0.39 is 4.30 Å². The summed E-state index contributed by atoms with van der Waals surface area (Å²) >= 11 is 14.4. The Morgan fingerprint density at radius 3 is 1.30 bits per heavy atom. The lowest BCUT2D eigenvalue weighted by molar-refractivity contribution is -0.140. The van der Waals surface area contributed by atoms with Crippen molar-refractivity contribution >= 4 is 40.8 Å². The van der Waals surface area contributed by atoms with Crippen LogP contribution in [0, 0.1) is 0 Å². The molecule has 8 heteroatoms. The van der Waals surface area contributed by atoms with Crippen molar-refractivity contribution in [1.29, 1.82) is 0 Å². The first-order valence-corrected chi connectivity index (χ1v) is 7.39. The van der Waals surface area contributed by atoms with Crippen LogP contribution in [-0.2, 0) is 9.53 Å². The maximum absolute atomic E-state index is 9.82. The van der Waals surface area contributed by atoms with Gasteiger partial charge < -0.3 is 20.9 Å². The molecule has 0 aromatic rings. The summed E-state index contributed by atoms with van der Waals surface area (Å²) in [4.78, 5) is 12.2. The molecule has 5 nitrogen and oxygen atoms in total. The number of nitrogens with zero attached hydrogens (tertiary/aromatic N) is 1. The van der Waals surface area contributed by atoms with E-state index in [9.17, 15) is 4.79 Å². The maximum atomic E-state index is 9.82. The molecule has 0 aliphatic heterocycles. The zero-order valence-corrected chi connectivity index (χ0v) is 15.7. The van der Waals surface area contributed by atoms with Gasteiger partial charge in [0.2, 0.25) is 0 Å². The third kappa shape index (κ3) is 63.6. The molecule has 0 fully saturated rings. The summed E-state index contributed by atoms with van der Waals surface area (Å²) in [7, 11) is 1.00. The molecule has 4 N–H and O–H groups in total. The van der Waals surface area contributed by atoms with Crippen molar-refractivity contribution in [2.45, 2.75) is 38.9 Å². The van der Waals surface area contributed by atoms with E-state index in [4.69, 9.17) is 39.9 Å². The number of aliphatic hydroxyl groups is 1. The normalized spacial score (nSPS) is 8.00. The van der Waals surface area contributed by atoms with Crippen LogP contribution < -0.4 is 6.15 Å². The Labute approximate surface area is 139 Å². The van der Waals surface area contributed by atoms with Gasteiger partial charge in [0.1, 0.15) is 0 Å². The first-order chi connectivity index (χ1) is 8.85. The zero-order valence-electron chi connectivity index (χ0n) is 13.5. The lowest BCUT2D eigenvalue weighted by Crippen LogP contribution is -2.21. The molecule has 0 spiro atoms. The molecule has 0 aliphatic rings. The Morgan fingerprint density at radius 2 is 1.30 bits per heavy atom. The topological polar surface area (TPSA) is 84.8 Å². The minimum Gasteiger partial charge on any atom is -0.466 e. The average Bonchev–Trinajstić information content (AvgIpc) is 2.34. The van der Waals surface area contributed by atoms with Gasteiger partial charge >= 0.3 is 5.97 Å². The lowest BCUT2D eigenvalue weighted by atomic mass is 10.5. The summed E-state index contributed by atoms with van der Waals surface area (Å²) in [6.07, 6.45) is 0. The first kappa shape index (κ1) is 32.2. The molecule has 0 radical (unpaired) electrons. The standard InChI is InChI=1S/C6H15N.C4H8O2.CHCl3.CH4O.H3N/c1-4-7(5-2)6-3;1-3-6-4(2)5;2-1(3)4;1-2;/h4-6H2,1-3H3;3H2,1-2H3;1H;2H,1H3;1H3. The van der Waals surface area contributed by atoms with Gasteiger partial charge in [-0.05, 0) is 26.6 Å². The van der Waals surface area contributed by atoms with Crippen LogP contribution in [0.15, 0.2) is 0 Å². The highest BCUT2D eigenvalue weighted by Gasteiger charge is 1.89. The van der Waals surface area contributed by atoms with E-state index in [-0.39, 0.29) is 12.1 Å². The number of aliphatic hydroxyl groups excluding tert-OH is 1. The molecule has 0 unspecified atom stereocenters. The smallest absolute Gasteiger partial charge is 0.302 e. The molecule has 0 aromatic heterocycles. The van der Waals surface area contributed by atoms with Crippen LogP contribution in [0.3, 0.4) is 0 Å². The summed E-state index contributed by atoms with van der Waals surface area (Å²) in [6.45, 7) is 13.8. The van der Waals surface area contributed by atoms with Crippen molar-refractivity contribution in [1.82, 2.24) is 11.1 Å². The van der Waals surface area contributed by atoms with Crippen LogP contribution in [0.1, 0.15) is 34.6 Å². The fourth-order valence-electron chi connectivity index (χ4n) is 0.874. The Kier molecular flexibility index (Phi) is 50.9. The van der Waals surface area contributed by atoms with Gasteiger partial charge in [-0.1, -0.05) is 55.6 Å². The molecular formula is C12H31Cl3N2O3. The molecule has 0 heterocycles. The van der Waals surface area contributed by atoms with Gasteiger partial charge in [-0.15, -0.1) is 0 Å². The molecule has 0 saturated heterocycles. The summed E-state index contributed by atoms with van der Waals surface area (Å²) in [6, 6.07) is 0. The van der Waals surface area contributed by atoms with E-state index in [2.05, 4.69) is 30.4 Å². The van der Waals surface area contributed by atoms with E-state index in [1.807, 2.05) is 0 Å². The number of alkyl halides is 3. The first-order valence-electron chi connectivity index (χ1n) is 6.08. The number of hydrogen-bond donors (Lipinski definition) is 2. The predicted octanol–water partition coefficient (Wildman–Crippen LogP) is 3.67. The van der Waals surface area contributed by atoms with Gasteiger partial charge in [0.15, 0.2) is 4.30 Å². The second-order valence-corrected chi connectivity index (χ2v) is 4.77. The fraction of sp³-hybridized carbons (Fsp3) is 0.917. The van der Waals surface area contributed by atoms with Crippen LogP contribution in [0.4, 0.5) is 0 Å². The number of halogens is 3. The molecule has 0 aliphatic carbocycles. The number of esters is 1. The maximum Gasteiger partial charge on any atom is 0.302 e. The number of carbonyl (C=O) groups is 1. The Hall–Kier alpha value is 0.220. The van der Waals surface area contributed by atoms with Crippen LogP contribution in [-0.4, -0.2) is 53.6 Å². The molecule has 0 bridgehead atoms. The molecule has 0 amide bonds. The highest BCUT2D eigenvalue weighted by atomic mass is 35.6. The molecule has 128 valence electrons. The van der Waals surface area contributed by atoms with E-state index >= 15 is 0 Å². The second kappa shape index (κ2) is 31.6. The van der Waals surface area contributed by atoms with Crippen molar-refractivity contribution in [2.75, 3.05) is 33.4 Å². The summed E-state index contributed by atoms with van der Waals surface area (Å²) in [5.74, 6) is -0.211. The van der Waals surface area contributed by atoms with Crippen LogP contribution in [0.2, 0.25) is 0 Å². The summed E-state index contributed by atoms with van der Waals surface area (Å²) in [5, 5.41) is 7.00. The molecule has 0 atom stereocenters. The minimum atomic E-state index is -0.750. The fourth-order valence-corrected chi connectivity index (χ4v) is 0.874. The molecular weight excluding hydrogens is 327 g/mol. The predicted molar refractivity (Wildman–Crippen MR) is 90.3 cm³/mol. The van der Waals surface area contributed by atoms with Crippen LogP contribution in [0.25, 0.3) is 0 Å². The molecule has 20 heavy (non-hydrogen) atoms. The van der Waals surface area contributed by atoms with Crippen molar-refractivity contribution in [3.63, 3.8) is 0 Å². The number of rotatable bonds is 4. The Bertz CT molecular complexity index is 153. The van der Waals surface area contributed by atoms with Gasteiger partial charge in [0.05, 0.1) is 6.61 Å². The lowest BCUT2D eigenvalue weighted by Gasteiger charge is -2.13. The largest absolute Gasteiger partial charge is 0.466 e. The van der Waals surface area contributed by atoms with Crippen LogP contribution in [0.5, 0.6) is 0 Å². The van der Waals surface area contributed by atoms with Gasteiger partial charge in [-0.25, -0.2) is 0 Å². The molecule has 0 saturated carbocycles. The molecule has 0 rings (SSSR count). The quantitative estimate of drug-likeness (QED) is 0.592. The van der Waals surface area contributed by atoms with Crippen molar-refractivity contribution in [3.8, 4) is 0 Å². The zero-order chi connectivity index (χ0) is 16.3. The third-order valence-corrected chi connectivity index (χ3v) is 1.69. The second-order valence-electron chi connectivity index (χ2n) is 2.79. The SMILES string of the molecule is CCN(CC)CC.CCOC(C)=O.CO.ClC(Cl)Cl.N. The number of hydrogen-bond acceptors (Lipinski definition) is 5. The van der Waals surface area contributed by atoms with Gasteiger partial charge in [0.25, 0.3) is 0 Å². The molecule has 0 aromatic carbocycles. The highest BCUT2D eigenvalue weighted by molar-refractivity contribution is 6.63. The Balaban J connectivity index is -0.0000000531. The van der Waals surface area contributed by atoms with E-state index in [0.29, 0.717) is 6.61 Å².